The van der Waals surface area contributed by atoms with Crippen molar-refractivity contribution < 1.29 is 9.13 Å². The third-order valence-corrected chi connectivity index (χ3v) is 2.60. The van der Waals surface area contributed by atoms with Gasteiger partial charge in [0, 0.05) is 26.7 Å². The first-order valence-electron chi connectivity index (χ1n) is 5.45. The zero-order chi connectivity index (χ0) is 12.0. The average Bonchev–Trinajstić information content (AvgIpc) is 2.32. The van der Waals surface area contributed by atoms with Crippen LogP contribution in [0, 0.1) is 5.82 Å². The van der Waals surface area contributed by atoms with Crippen molar-refractivity contribution in [3.63, 3.8) is 0 Å². The fraction of sp³-hybridized carbons (Fsp3) is 0.500. The highest BCUT2D eigenvalue weighted by Crippen LogP contribution is 2.18. The standard InChI is InChI=1S/C12H19FN2O/c1-3-15(9-10(8-14)16-2)12-7-5-4-6-11(12)13/h4-7,10H,3,8-9,14H2,1-2H3. The molecule has 1 unspecified atom stereocenters. The Morgan fingerprint density at radius 2 is 2.12 bits per heavy atom. The predicted octanol–water partition coefficient (Wildman–Crippen LogP) is 1.63. The molecule has 1 rings (SSSR count). The molecule has 0 saturated heterocycles. The van der Waals surface area contributed by atoms with E-state index in [1.54, 1.807) is 19.2 Å². The summed E-state index contributed by atoms with van der Waals surface area (Å²) in [5.74, 6) is -0.212. The number of anilines is 1. The lowest BCUT2D eigenvalue weighted by Crippen LogP contribution is -2.38. The summed E-state index contributed by atoms with van der Waals surface area (Å²) in [6, 6.07) is 6.74. The summed E-state index contributed by atoms with van der Waals surface area (Å²) in [7, 11) is 1.62. The first kappa shape index (κ1) is 12.9. The number of para-hydroxylation sites is 1. The summed E-state index contributed by atoms with van der Waals surface area (Å²) >= 11 is 0. The molecule has 0 heterocycles. The van der Waals surface area contributed by atoms with Gasteiger partial charge >= 0.3 is 0 Å². The number of benzene rings is 1. The van der Waals surface area contributed by atoms with Gasteiger partial charge in [0.15, 0.2) is 0 Å². The monoisotopic (exact) mass is 226 g/mol. The average molecular weight is 226 g/mol. The van der Waals surface area contributed by atoms with Crippen molar-refractivity contribution in [3.05, 3.63) is 30.1 Å². The largest absolute Gasteiger partial charge is 0.378 e. The van der Waals surface area contributed by atoms with E-state index in [-0.39, 0.29) is 11.9 Å². The number of methoxy groups -OCH3 is 1. The van der Waals surface area contributed by atoms with Crippen molar-refractivity contribution in [2.45, 2.75) is 13.0 Å². The lowest BCUT2D eigenvalue weighted by Gasteiger charge is -2.27. The molecule has 0 amide bonds. The topological polar surface area (TPSA) is 38.5 Å². The Balaban J connectivity index is 2.78. The fourth-order valence-corrected chi connectivity index (χ4v) is 1.60. The Kier molecular flexibility index (Phi) is 5.22. The molecule has 0 aromatic heterocycles. The third kappa shape index (κ3) is 3.18. The second-order valence-electron chi connectivity index (χ2n) is 3.58. The molecule has 90 valence electrons. The van der Waals surface area contributed by atoms with Crippen LogP contribution in [0.5, 0.6) is 0 Å². The van der Waals surface area contributed by atoms with Gasteiger partial charge in [-0.15, -0.1) is 0 Å². The summed E-state index contributed by atoms with van der Waals surface area (Å²) in [4.78, 5) is 1.93. The van der Waals surface area contributed by atoms with Crippen LogP contribution in [0.15, 0.2) is 24.3 Å². The Labute approximate surface area is 96.0 Å². The van der Waals surface area contributed by atoms with Gasteiger partial charge in [-0.25, -0.2) is 4.39 Å². The van der Waals surface area contributed by atoms with Crippen LogP contribution in [-0.4, -0.2) is 32.8 Å². The number of halogens is 1. The molecule has 0 spiro atoms. The van der Waals surface area contributed by atoms with Crippen LogP contribution in [0.4, 0.5) is 10.1 Å². The Morgan fingerprint density at radius 1 is 1.44 bits per heavy atom. The van der Waals surface area contributed by atoms with Crippen LogP contribution in [0.2, 0.25) is 0 Å². The van der Waals surface area contributed by atoms with Crippen LogP contribution < -0.4 is 10.6 Å². The molecule has 1 aromatic carbocycles. The molecule has 2 N–H and O–H groups in total. The van der Waals surface area contributed by atoms with Crippen molar-refractivity contribution in [3.8, 4) is 0 Å². The zero-order valence-electron chi connectivity index (χ0n) is 9.82. The fourth-order valence-electron chi connectivity index (χ4n) is 1.60. The molecular weight excluding hydrogens is 207 g/mol. The number of rotatable bonds is 6. The van der Waals surface area contributed by atoms with Crippen molar-refractivity contribution >= 4 is 5.69 Å². The van der Waals surface area contributed by atoms with Crippen molar-refractivity contribution in [1.82, 2.24) is 0 Å². The lowest BCUT2D eigenvalue weighted by molar-refractivity contribution is 0.114. The molecule has 4 heteroatoms. The first-order chi connectivity index (χ1) is 7.72. The molecule has 0 aliphatic heterocycles. The van der Waals surface area contributed by atoms with E-state index < -0.39 is 0 Å². The van der Waals surface area contributed by atoms with Gasteiger partial charge in [0.05, 0.1) is 11.8 Å². The number of nitrogens with zero attached hydrogens (tertiary/aromatic N) is 1. The zero-order valence-corrected chi connectivity index (χ0v) is 9.82. The van der Waals surface area contributed by atoms with E-state index in [0.717, 1.165) is 6.54 Å². The highest BCUT2D eigenvalue weighted by atomic mass is 19.1. The van der Waals surface area contributed by atoms with E-state index in [2.05, 4.69) is 0 Å². The van der Waals surface area contributed by atoms with E-state index in [9.17, 15) is 4.39 Å². The second kappa shape index (κ2) is 6.45. The second-order valence-corrected chi connectivity index (χ2v) is 3.58. The lowest BCUT2D eigenvalue weighted by atomic mass is 10.2. The normalized spacial score (nSPS) is 12.5. The smallest absolute Gasteiger partial charge is 0.146 e. The summed E-state index contributed by atoms with van der Waals surface area (Å²) in [5, 5.41) is 0. The number of nitrogens with two attached hydrogens (primary N) is 1. The maximum atomic E-state index is 13.6. The molecule has 0 aliphatic rings. The summed E-state index contributed by atoms with van der Waals surface area (Å²) in [6.45, 7) is 3.74. The summed E-state index contributed by atoms with van der Waals surface area (Å²) in [6.07, 6.45) is -0.0699. The number of likely N-dealkylation sites (N-methyl/N-ethyl adjacent to an activating group) is 1. The minimum absolute atomic E-state index is 0.0699. The van der Waals surface area contributed by atoms with Gasteiger partial charge in [-0.3, -0.25) is 0 Å². The van der Waals surface area contributed by atoms with E-state index in [1.165, 1.54) is 6.07 Å². The Hall–Kier alpha value is -1.13. The third-order valence-electron chi connectivity index (χ3n) is 2.60. The minimum Gasteiger partial charge on any atom is -0.378 e. The van der Waals surface area contributed by atoms with Gasteiger partial charge in [-0.05, 0) is 19.1 Å². The number of hydrogen-bond donors (Lipinski definition) is 1. The van der Waals surface area contributed by atoms with Crippen molar-refractivity contribution in [2.75, 3.05) is 31.6 Å². The van der Waals surface area contributed by atoms with E-state index in [0.29, 0.717) is 18.8 Å². The molecule has 1 aromatic rings. The molecule has 0 saturated carbocycles. The Morgan fingerprint density at radius 3 is 2.62 bits per heavy atom. The summed E-state index contributed by atoms with van der Waals surface area (Å²) in [5.41, 5.74) is 6.15. The van der Waals surface area contributed by atoms with Gasteiger partial charge in [0.25, 0.3) is 0 Å². The van der Waals surface area contributed by atoms with Gasteiger partial charge in [-0.1, -0.05) is 12.1 Å². The minimum atomic E-state index is -0.212. The van der Waals surface area contributed by atoms with Crippen LogP contribution in [-0.2, 0) is 4.74 Å². The molecule has 0 aliphatic carbocycles. The summed E-state index contributed by atoms with van der Waals surface area (Å²) < 4.78 is 18.8. The van der Waals surface area contributed by atoms with Gasteiger partial charge in [0.1, 0.15) is 5.82 Å². The van der Waals surface area contributed by atoms with Crippen LogP contribution in [0.1, 0.15) is 6.92 Å². The quantitative estimate of drug-likeness (QED) is 0.801. The van der Waals surface area contributed by atoms with E-state index in [1.807, 2.05) is 17.9 Å². The van der Waals surface area contributed by atoms with E-state index in [4.69, 9.17) is 10.5 Å². The highest BCUT2D eigenvalue weighted by Gasteiger charge is 2.14. The van der Waals surface area contributed by atoms with Gasteiger partial charge in [-0.2, -0.15) is 0 Å². The predicted molar refractivity (Wildman–Crippen MR) is 64.1 cm³/mol. The van der Waals surface area contributed by atoms with Crippen molar-refractivity contribution in [1.29, 1.82) is 0 Å². The molecule has 0 radical (unpaired) electrons. The van der Waals surface area contributed by atoms with Crippen LogP contribution in [0.3, 0.4) is 0 Å². The molecule has 0 bridgehead atoms. The van der Waals surface area contributed by atoms with Crippen LogP contribution in [0.25, 0.3) is 0 Å². The van der Waals surface area contributed by atoms with E-state index >= 15 is 0 Å². The van der Waals surface area contributed by atoms with Gasteiger partial charge in [0.2, 0.25) is 0 Å². The molecular formula is C12H19FN2O. The van der Waals surface area contributed by atoms with Crippen LogP contribution >= 0.6 is 0 Å². The van der Waals surface area contributed by atoms with Gasteiger partial charge < -0.3 is 15.4 Å². The molecule has 16 heavy (non-hydrogen) atoms. The molecule has 3 nitrogen and oxygen atoms in total. The maximum Gasteiger partial charge on any atom is 0.146 e. The SMILES string of the molecule is CCN(CC(CN)OC)c1ccccc1F. The maximum absolute atomic E-state index is 13.6. The Bertz CT molecular complexity index is 316. The molecule has 1 atom stereocenters. The number of ether oxygens (including phenoxy) is 1. The van der Waals surface area contributed by atoms with Crippen molar-refractivity contribution in [2.24, 2.45) is 5.73 Å². The molecule has 0 fully saturated rings. The number of hydrogen-bond acceptors (Lipinski definition) is 3. The highest BCUT2D eigenvalue weighted by molar-refractivity contribution is 5.47. The first-order valence-corrected chi connectivity index (χ1v) is 5.45.